The van der Waals surface area contributed by atoms with Crippen molar-refractivity contribution < 1.29 is 41.7 Å². The van der Waals surface area contributed by atoms with Crippen LogP contribution >= 0.6 is 0 Å². The molecule has 0 bridgehead atoms. The second-order valence-electron chi connectivity index (χ2n) is 12.7. The number of methoxy groups -OCH3 is 1. The minimum atomic E-state index is -4.77. The molecule has 8 nitrogen and oxygen atoms in total. The number of amides is 1. The molecule has 0 heterocycles. The highest BCUT2D eigenvalue weighted by molar-refractivity contribution is 5.95. The third-order valence-corrected chi connectivity index (χ3v) is 7.20. The van der Waals surface area contributed by atoms with Crippen LogP contribution < -0.4 is 20.1 Å². The number of ether oxygens (including phenoxy) is 4. The second-order valence-corrected chi connectivity index (χ2v) is 12.7. The van der Waals surface area contributed by atoms with E-state index in [4.69, 9.17) is 18.9 Å². The second kappa shape index (κ2) is 15.1. The lowest BCUT2D eigenvalue weighted by molar-refractivity contribution is -0.171. The molecule has 1 unspecified atom stereocenters. The topological polar surface area (TPSA) is 95.1 Å². The van der Waals surface area contributed by atoms with Gasteiger partial charge in [0.2, 0.25) is 5.91 Å². The Morgan fingerprint density at radius 1 is 0.833 bits per heavy atom. The predicted octanol–water partition coefficient (Wildman–Crippen LogP) is 8.28. The van der Waals surface area contributed by atoms with Crippen LogP contribution in [0.3, 0.4) is 0 Å². The molecule has 0 radical (unpaired) electrons. The summed E-state index contributed by atoms with van der Waals surface area (Å²) in [5, 5.41) is 7.20. The zero-order chi connectivity index (χ0) is 35.1. The minimum absolute atomic E-state index is 0.0207. The van der Waals surface area contributed by atoms with Gasteiger partial charge in [-0.2, -0.15) is 13.2 Å². The Morgan fingerprint density at radius 2 is 1.50 bits per heavy atom. The number of hydrogen-bond acceptors (Lipinski definition) is 7. The molecule has 2 N–H and O–H groups in total. The number of esters is 1. The number of hydrogen-bond donors (Lipinski definition) is 2. The number of carbonyl (C=O) groups excluding carboxylic acids is 2. The van der Waals surface area contributed by atoms with Crippen LogP contribution in [0.4, 0.5) is 18.9 Å². The summed E-state index contributed by atoms with van der Waals surface area (Å²) in [6.07, 6.45) is -4.56. The molecule has 0 aromatic heterocycles. The molecule has 48 heavy (non-hydrogen) atoms. The lowest BCUT2D eigenvalue weighted by Gasteiger charge is -2.29. The molecular formula is C37H41F3N2O6. The third-order valence-electron chi connectivity index (χ3n) is 7.20. The predicted molar refractivity (Wildman–Crippen MR) is 178 cm³/mol. The van der Waals surface area contributed by atoms with E-state index in [1.807, 2.05) is 30.3 Å². The van der Waals surface area contributed by atoms with E-state index < -0.39 is 46.5 Å². The summed E-state index contributed by atoms with van der Waals surface area (Å²) >= 11 is 0. The normalized spacial score (nSPS) is 12.8. The first-order valence-corrected chi connectivity index (χ1v) is 15.5. The van der Waals surface area contributed by atoms with Gasteiger partial charge in [-0.05, 0) is 88.4 Å². The average molecular weight is 667 g/mol. The standard InChI is InChI=1S/C37H41F3N2O6/c1-35(2,3)48-34(44)36(4,5)47-26-16-14-24(15-17-26)23-41-31(20-21-45-6)33(43)42-30-19-18-27(22-29(30)37(38,39)40)46-32-13-9-11-25-10-7-8-12-28(25)32/h7-19,22,31,41H,20-21,23H2,1-6H3,(H,42,43). The Hall–Kier alpha value is -4.61. The van der Waals surface area contributed by atoms with Crippen molar-refractivity contribution in [3.05, 3.63) is 96.1 Å². The smallest absolute Gasteiger partial charge is 0.418 e. The number of anilines is 1. The van der Waals surface area contributed by atoms with E-state index in [-0.39, 0.29) is 25.3 Å². The maximum absolute atomic E-state index is 14.2. The van der Waals surface area contributed by atoms with E-state index in [2.05, 4.69) is 10.6 Å². The van der Waals surface area contributed by atoms with Crippen molar-refractivity contribution in [2.75, 3.05) is 19.0 Å². The molecule has 256 valence electrons. The summed E-state index contributed by atoms with van der Waals surface area (Å²) in [5.74, 6) is -0.329. The molecule has 0 aliphatic carbocycles. The lowest BCUT2D eigenvalue weighted by atomic mass is 10.1. The number of nitrogens with one attached hydrogen (secondary N) is 2. The summed E-state index contributed by atoms with van der Waals surface area (Å²) < 4.78 is 65.0. The molecule has 0 aliphatic heterocycles. The number of benzene rings is 4. The molecule has 1 amide bonds. The Labute approximate surface area is 278 Å². The first-order chi connectivity index (χ1) is 22.6. The van der Waals surface area contributed by atoms with Crippen molar-refractivity contribution in [3.8, 4) is 17.2 Å². The van der Waals surface area contributed by atoms with Crippen molar-refractivity contribution >= 4 is 28.3 Å². The molecule has 11 heteroatoms. The molecule has 4 aromatic rings. The Morgan fingerprint density at radius 3 is 2.17 bits per heavy atom. The van der Waals surface area contributed by atoms with Gasteiger partial charge in [-0.3, -0.25) is 4.79 Å². The van der Waals surface area contributed by atoms with E-state index in [9.17, 15) is 22.8 Å². The van der Waals surface area contributed by atoms with Crippen molar-refractivity contribution in [1.82, 2.24) is 5.32 Å². The molecular weight excluding hydrogens is 625 g/mol. The van der Waals surface area contributed by atoms with Crippen LogP contribution in [-0.2, 0) is 31.8 Å². The summed E-state index contributed by atoms with van der Waals surface area (Å²) in [4.78, 5) is 25.9. The Kier molecular flexibility index (Phi) is 11.4. The van der Waals surface area contributed by atoms with Gasteiger partial charge >= 0.3 is 12.1 Å². The molecule has 4 rings (SSSR count). The maximum Gasteiger partial charge on any atom is 0.418 e. The van der Waals surface area contributed by atoms with Gasteiger partial charge in [0, 0.05) is 25.6 Å². The largest absolute Gasteiger partial charge is 0.476 e. The van der Waals surface area contributed by atoms with Crippen LogP contribution in [0.5, 0.6) is 17.2 Å². The monoisotopic (exact) mass is 666 g/mol. The SMILES string of the molecule is COCCC(NCc1ccc(OC(C)(C)C(=O)OC(C)(C)C)cc1)C(=O)Nc1ccc(Oc2cccc3ccccc23)cc1C(F)(F)F. The molecule has 0 saturated heterocycles. The van der Waals surface area contributed by atoms with Crippen LogP contribution in [0, 0.1) is 0 Å². The maximum atomic E-state index is 14.2. The van der Waals surface area contributed by atoms with Crippen molar-refractivity contribution in [2.24, 2.45) is 0 Å². The van der Waals surface area contributed by atoms with Crippen molar-refractivity contribution in [3.63, 3.8) is 0 Å². The van der Waals surface area contributed by atoms with E-state index in [0.29, 0.717) is 11.5 Å². The van der Waals surface area contributed by atoms with Gasteiger partial charge in [-0.15, -0.1) is 0 Å². The van der Waals surface area contributed by atoms with Crippen molar-refractivity contribution in [1.29, 1.82) is 0 Å². The van der Waals surface area contributed by atoms with Crippen LogP contribution in [-0.4, -0.2) is 42.8 Å². The van der Waals surface area contributed by atoms with Crippen LogP contribution in [0.25, 0.3) is 10.8 Å². The number of rotatable bonds is 13. The highest BCUT2D eigenvalue weighted by atomic mass is 19.4. The molecule has 0 fully saturated rings. The first kappa shape index (κ1) is 36.2. The van der Waals surface area contributed by atoms with Gasteiger partial charge in [0.15, 0.2) is 5.60 Å². The summed E-state index contributed by atoms with van der Waals surface area (Å²) in [5.41, 5.74) is -2.55. The quantitative estimate of drug-likeness (QED) is 0.139. The molecule has 4 aromatic carbocycles. The van der Waals surface area contributed by atoms with Crippen LogP contribution in [0.1, 0.15) is 52.2 Å². The highest BCUT2D eigenvalue weighted by Gasteiger charge is 2.36. The van der Waals surface area contributed by atoms with E-state index in [1.165, 1.54) is 19.2 Å². The van der Waals surface area contributed by atoms with Gasteiger partial charge in [0.05, 0.1) is 17.3 Å². The number of alkyl halides is 3. The third kappa shape index (κ3) is 9.95. The highest BCUT2D eigenvalue weighted by Crippen LogP contribution is 2.39. The van der Waals surface area contributed by atoms with Gasteiger partial charge in [-0.25, -0.2) is 4.79 Å². The van der Waals surface area contributed by atoms with Crippen molar-refractivity contribution in [2.45, 2.75) is 71.0 Å². The Balaban J connectivity index is 1.45. The summed E-state index contributed by atoms with van der Waals surface area (Å²) in [6.45, 7) is 8.98. The minimum Gasteiger partial charge on any atom is -0.476 e. The van der Waals surface area contributed by atoms with Crippen LogP contribution in [0.2, 0.25) is 0 Å². The fourth-order valence-electron chi connectivity index (χ4n) is 4.78. The van der Waals surface area contributed by atoms with Crippen LogP contribution in [0.15, 0.2) is 84.9 Å². The lowest BCUT2D eigenvalue weighted by Crippen LogP contribution is -2.43. The Bertz CT molecular complexity index is 1710. The zero-order valence-electron chi connectivity index (χ0n) is 27.9. The van der Waals surface area contributed by atoms with Gasteiger partial charge in [0.25, 0.3) is 0 Å². The number of carbonyl (C=O) groups is 2. The molecule has 0 aliphatic rings. The van der Waals surface area contributed by atoms with Gasteiger partial charge in [0.1, 0.15) is 22.8 Å². The van der Waals surface area contributed by atoms with E-state index >= 15 is 0 Å². The first-order valence-electron chi connectivity index (χ1n) is 15.5. The summed E-state index contributed by atoms with van der Waals surface area (Å²) in [7, 11) is 1.48. The molecule has 0 spiro atoms. The van der Waals surface area contributed by atoms with E-state index in [1.54, 1.807) is 71.0 Å². The number of halogens is 3. The molecule has 0 saturated carbocycles. The fourth-order valence-corrected chi connectivity index (χ4v) is 4.78. The van der Waals surface area contributed by atoms with E-state index in [0.717, 1.165) is 22.4 Å². The number of fused-ring (bicyclic) bond motifs is 1. The fraction of sp³-hybridized carbons (Fsp3) is 0.351. The molecule has 1 atom stereocenters. The zero-order valence-corrected chi connectivity index (χ0v) is 27.9. The van der Waals surface area contributed by atoms with Gasteiger partial charge < -0.3 is 29.6 Å². The average Bonchev–Trinajstić information content (AvgIpc) is 3.01. The van der Waals surface area contributed by atoms with Gasteiger partial charge in [-0.1, -0.05) is 48.5 Å². The summed E-state index contributed by atoms with van der Waals surface area (Å²) in [6, 6.07) is 22.2.